The number of hydrogen-bond acceptors (Lipinski definition) is 3. The van der Waals surface area contributed by atoms with E-state index in [1.807, 2.05) is 6.92 Å². The first-order valence-electron chi connectivity index (χ1n) is 11.9. The molecule has 0 bridgehead atoms. The number of hydrogen-bond donors (Lipinski definition) is 1. The van der Waals surface area contributed by atoms with Gasteiger partial charge in [0.25, 0.3) is 5.91 Å². The lowest BCUT2D eigenvalue weighted by molar-refractivity contribution is -0.143. The van der Waals surface area contributed by atoms with Crippen LogP contribution in [0.15, 0.2) is 42.5 Å². The summed E-state index contributed by atoms with van der Waals surface area (Å²) in [6.07, 6.45) is -6.25. The van der Waals surface area contributed by atoms with E-state index in [1.54, 1.807) is 30.3 Å². The van der Waals surface area contributed by atoms with Crippen LogP contribution >= 0.6 is 22.6 Å². The van der Waals surface area contributed by atoms with E-state index in [4.69, 9.17) is 4.74 Å². The highest BCUT2D eigenvalue weighted by molar-refractivity contribution is 14.1. The third-order valence-electron chi connectivity index (χ3n) is 6.81. The molecular weight excluding hydrogens is 613 g/mol. The number of alkyl halides is 7. The largest absolute Gasteiger partial charge is 0.496 e. The molecule has 0 spiro atoms. The summed E-state index contributed by atoms with van der Waals surface area (Å²) < 4.78 is 87.4. The summed E-state index contributed by atoms with van der Waals surface area (Å²) in [5.74, 6) is -1.95. The molecule has 0 saturated carbocycles. The molecule has 0 aromatic heterocycles. The van der Waals surface area contributed by atoms with E-state index >= 15 is 0 Å². The fourth-order valence-corrected chi connectivity index (χ4v) is 5.69. The molecule has 1 N–H and O–H groups in total. The summed E-state index contributed by atoms with van der Waals surface area (Å²) in [5.41, 5.74) is -4.22. The van der Waals surface area contributed by atoms with Crippen LogP contribution in [0.3, 0.4) is 0 Å². The molecule has 11 heteroatoms. The second-order valence-corrected chi connectivity index (χ2v) is 10.1. The quantitative estimate of drug-likeness (QED) is 0.196. The van der Waals surface area contributed by atoms with Crippen molar-refractivity contribution in [2.75, 3.05) is 24.6 Å². The van der Waals surface area contributed by atoms with Gasteiger partial charge in [-0.25, -0.2) is 0 Å². The minimum Gasteiger partial charge on any atom is -0.496 e. The second kappa shape index (κ2) is 11.8. The molecular formula is C26H29F6IN2O2. The van der Waals surface area contributed by atoms with Crippen molar-refractivity contribution in [3.8, 4) is 5.75 Å². The highest BCUT2D eigenvalue weighted by atomic mass is 127. The number of benzene rings is 2. The number of amides is 1. The molecule has 1 heterocycles. The van der Waals surface area contributed by atoms with Gasteiger partial charge < -0.3 is 10.1 Å². The van der Waals surface area contributed by atoms with Crippen molar-refractivity contribution in [3.05, 3.63) is 64.7 Å². The van der Waals surface area contributed by atoms with Gasteiger partial charge in [-0.3, -0.25) is 9.69 Å². The lowest BCUT2D eigenvalue weighted by atomic mass is 9.86. The smallest absolute Gasteiger partial charge is 0.417 e. The van der Waals surface area contributed by atoms with Gasteiger partial charge in [0.05, 0.1) is 35.4 Å². The summed E-state index contributed by atoms with van der Waals surface area (Å²) >= 11 is 2.21. The Kier molecular flexibility index (Phi) is 9.41. The molecule has 1 amide bonds. The van der Waals surface area contributed by atoms with Gasteiger partial charge in [-0.2, -0.15) is 26.3 Å². The maximum atomic E-state index is 14.0. The van der Waals surface area contributed by atoms with Crippen LogP contribution in [0.1, 0.15) is 65.7 Å². The van der Waals surface area contributed by atoms with Crippen molar-refractivity contribution in [3.63, 3.8) is 0 Å². The Morgan fingerprint density at radius 3 is 2.08 bits per heavy atom. The number of methoxy groups -OCH3 is 1. The fraction of sp³-hybridized carbons (Fsp3) is 0.500. The molecule has 1 fully saturated rings. The van der Waals surface area contributed by atoms with Crippen LogP contribution in [0.4, 0.5) is 26.3 Å². The SMILES string of the molecule is COc1cc(C(F)(F)F)cc(C(F)(F)F)c1C(=O)NC(c1ccccc1)C(C)(CI)N1CCCCCC1. The third-order valence-corrected chi connectivity index (χ3v) is 8.36. The zero-order valence-electron chi connectivity index (χ0n) is 20.5. The Balaban J connectivity index is 2.14. The van der Waals surface area contributed by atoms with E-state index in [0.717, 1.165) is 45.9 Å². The number of rotatable bonds is 7. The van der Waals surface area contributed by atoms with Crippen molar-refractivity contribution < 1.29 is 35.9 Å². The van der Waals surface area contributed by atoms with Crippen LogP contribution in [-0.4, -0.2) is 41.0 Å². The zero-order valence-corrected chi connectivity index (χ0v) is 22.6. The van der Waals surface area contributed by atoms with Gasteiger partial charge in [0, 0.05) is 4.43 Å². The first-order valence-corrected chi connectivity index (χ1v) is 13.4. The van der Waals surface area contributed by atoms with Crippen LogP contribution in [0.2, 0.25) is 0 Å². The number of ether oxygens (including phenoxy) is 1. The molecule has 37 heavy (non-hydrogen) atoms. The molecule has 2 aromatic rings. The maximum Gasteiger partial charge on any atom is 0.417 e. The molecule has 0 radical (unpaired) electrons. The number of nitrogens with zero attached hydrogens (tertiary/aromatic N) is 1. The molecule has 1 aliphatic rings. The zero-order chi connectivity index (χ0) is 27.4. The summed E-state index contributed by atoms with van der Waals surface area (Å²) in [6, 6.07) is 8.52. The summed E-state index contributed by atoms with van der Waals surface area (Å²) in [4.78, 5) is 15.8. The van der Waals surface area contributed by atoms with Gasteiger partial charge in [-0.05, 0) is 50.6 Å². The normalized spacial score (nSPS) is 18.0. The van der Waals surface area contributed by atoms with E-state index in [-0.39, 0.29) is 6.07 Å². The molecule has 2 aromatic carbocycles. The van der Waals surface area contributed by atoms with Gasteiger partial charge in [-0.1, -0.05) is 65.8 Å². The van der Waals surface area contributed by atoms with Gasteiger partial charge >= 0.3 is 12.4 Å². The Morgan fingerprint density at radius 1 is 1.00 bits per heavy atom. The minimum atomic E-state index is -5.22. The Bertz CT molecular complexity index is 1070. The van der Waals surface area contributed by atoms with Crippen molar-refractivity contribution in [2.24, 2.45) is 0 Å². The average molecular weight is 642 g/mol. The molecule has 2 atom stereocenters. The van der Waals surface area contributed by atoms with Crippen molar-refractivity contribution >= 4 is 28.5 Å². The predicted molar refractivity (Wildman–Crippen MR) is 137 cm³/mol. The Hall–Kier alpha value is -2.02. The third kappa shape index (κ3) is 6.71. The van der Waals surface area contributed by atoms with Gasteiger partial charge in [-0.15, -0.1) is 0 Å². The molecule has 1 saturated heterocycles. The van der Waals surface area contributed by atoms with Crippen molar-refractivity contribution in [2.45, 2.75) is 56.5 Å². The van der Waals surface area contributed by atoms with Crippen molar-refractivity contribution in [1.82, 2.24) is 10.2 Å². The van der Waals surface area contributed by atoms with Gasteiger partial charge in [0.1, 0.15) is 5.75 Å². The van der Waals surface area contributed by atoms with E-state index in [2.05, 4.69) is 32.8 Å². The van der Waals surface area contributed by atoms with E-state index in [1.165, 1.54) is 0 Å². The topological polar surface area (TPSA) is 41.6 Å². The van der Waals surface area contributed by atoms with E-state index < -0.39 is 52.3 Å². The van der Waals surface area contributed by atoms with Crippen molar-refractivity contribution in [1.29, 1.82) is 0 Å². The molecule has 2 unspecified atom stereocenters. The average Bonchev–Trinajstić information content (AvgIpc) is 3.15. The molecule has 204 valence electrons. The van der Waals surface area contributed by atoms with Crippen LogP contribution in [0.25, 0.3) is 0 Å². The maximum absolute atomic E-state index is 14.0. The summed E-state index contributed by atoms with van der Waals surface area (Å²) in [5, 5.41) is 2.76. The first kappa shape index (κ1) is 29.5. The first-order chi connectivity index (χ1) is 17.3. The number of nitrogens with one attached hydrogen (secondary N) is 1. The molecule has 0 aliphatic carbocycles. The second-order valence-electron chi connectivity index (χ2n) is 9.31. The standard InChI is InChI=1S/C26H29F6IN2O2/c1-24(16-33,35-12-8-3-4-9-13-35)22(17-10-6-5-7-11-17)34-23(36)21-19(26(30,31)32)14-18(25(27,28)29)15-20(21)37-2/h5-7,10-11,14-15,22H,3-4,8-9,12-13,16H2,1-2H3,(H,34,36). The summed E-state index contributed by atoms with van der Waals surface area (Å²) in [6.45, 7) is 3.48. The van der Waals surface area contributed by atoms with Crippen LogP contribution in [0.5, 0.6) is 5.75 Å². The highest BCUT2D eigenvalue weighted by Crippen LogP contribution is 2.42. The minimum absolute atomic E-state index is 0.0404. The Labute approximate surface area is 225 Å². The number of carbonyl (C=O) groups excluding carboxylic acids is 1. The van der Waals surface area contributed by atoms with E-state index in [0.29, 0.717) is 16.1 Å². The lowest BCUT2D eigenvalue weighted by Gasteiger charge is -2.46. The number of likely N-dealkylation sites (tertiary alicyclic amines) is 1. The molecule has 4 nitrogen and oxygen atoms in total. The van der Waals surface area contributed by atoms with Crippen LogP contribution < -0.4 is 10.1 Å². The Morgan fingerprint density at radius 2 is 1.59 bits per heavy atom. The predicted octanol–water partition coefficient (Wildman–Crippen LogP) is 7.27. The van der Waals surface area contributed by atoms with Crippen LogP contribution in [0, 0.1) is 0 Å². The lowest BCUT2D eigenvalue weighted by Crippen LogP contribution is -2.57. The highest BCUT2D eigenvalue weighted by Gasteiger charge is 2.44. The van der Waals surface area contributed by atoms with Gasteiger partial charge in [0.15, 0.2) is 0 Å². The number of halogens is 7. The van der Waals surface area contributed by atoms with Gasteiger partial charge in [0.2, 0.25) is 0 Å². The van der Waals surface area contributed by atoms with Crippen LogP contribution in [-0.2, 0) is 12.4 Å². The molecule has 3 rings (SSSR count). The monoisotopic (exact) mass is 642 g/mol. The number of carbonyl (C=O) groups is 1. The fourth-order valence-electron chi connectivity index (χ4n) is 4.77. The summed E-state index contributed by atoms with van der Waals surface area (Å²) in [7, 11) is 0.938. The molecule has 1 aliphatic heterocycles. The van der Waals surface area contributed by atoms with E-state index in [9.17, 15) is 31.1 Å².